The van der Waals surface area contributed by atoms with Gasteiger partial charge in [0.05, 0.1) is 22.1 Å². The first-order valence-corrected chi connectivity index (χ1v) is 16.3. The lowest BCUT2D eigenvalue weighted by molar-refractivity contribution is -0.137. The molecule has 6 nitrogen and oxygen atoms in total. The number of likely N-dealkylation sites (tertiary alicyclic amines) is 1. The average molecular weight is 657 g/mol. The second kappa shape index (κ2) is 12.5. The van der Waals surface area contributed by atoms with Crippen LogP contribution in [0.25, 0.3) is 60.6 Å². The van der Waals surface area contributed by atoms with Crippen molar-refractivity contribution < 1.29 is 17.9 Å². The molecule has 0 atom stereocenters. The molecule has 1 fully saturated rings. The highest BCUT2D eigenvalue weighted by Gasteiger charge is 2.34. The van der Waals surface area contributed by atoms with Gasteiger partial charge in [0.25, 0.3) is 5.56 Å². The number of rotatable bonds is 7. The number of ether oxygens (including phenoxy) is 1. The van der Waals surface area contributed by atoms with Crippen molar-refractivity contribution >= 4 is 32.7 Å². The van der Waals surface area contributed by atoms with Crippen molar-refractivity contribution in [2.24, 2.45) is 0 Å². The normalized spacial score (nSPS) is 13.9. The van der Waals surface area contributed by atoms with E-state index in [1.54, 1.807) is 48.8 Å². The molecule has 0 unspecified atom stereocenters. The predicted molar refractivity (Wildman–Crippen MR) is 187 cm³/mol. The molecule has 0 amide bonds. The molecule has 8 rings (SSSR count). The standard InChI is InChI=1S/C40H31F3N4O2/c41-40(42,43)35-23-31(11-14-33(35)26-7-12-32(13-8-26)49-20-19-46-17-3-4-18-46)47-38(48)16-10-29-24-45-37-15-9-27(22-34(37)39(29)47)30-21-28-5-1-2-6-36(28)44-25-30/h1-2,5-16,21-25H,3-4,17-20H2. The van der Waals surface area contributed by atoms with E-state index in [1.807, 2.05) is 48.5 Å². The summed E-state index contributed by atoms with van der Waals surface area (Å²) < 4.78 is 51.3. The van der Waals surface area contributed by atoms with Gasteiger partial charge in [0.1, 0.15) is 12.4 Å². The molecule has 0 bridgehead atoms. The topological polar surface area (TPSA) is 60.3 Å². The molecule has 0 aliphatic carbocycles. The van der Waals surface area contributed by atoms with E-state index in [9.17, 15) is 18.0 Å². The maximum Gasteiger partial charge on any atom is 0.417 e. The molecule has 0 radical (unpaired) electrons. The first-order valence-electron chi connectivity index (χ1n) is 16.3. The molecule has 49 heavy (non-hydrogen) atoms. The van der Waals surface area contributed by atoms with Crippen molar-refractivity contribution in [3.8, 4) is 33.7 Å². The monoisotopic (exact) mass is 656 g/mol. The highest BCUT2D eigenvalue weighted by Crippen LogP contribution is 2.39. The Balaban J connectivity index is 1.20. The Morgan fingerprint density at radius 2 is 1.49 bits per heavy atom. The number of hydrogen-bond donors (Lipinski definition) is 0. The minimum Gasteiger partial charge on any atom is -0.492 e. The van der Waals surface area contributed by atoms with E-state index in [1.165, 1.54) is 29.5 Å². The van der Waals surface area contributed by atoms with Crippen LogP contribution in [0.4, 0.5) is 13.2 Å². The van der Waals surface area contributed by atoms with Gasteiger partial charge in [-0.05, 0) is 97.2 Å². The summed E-state index contributed by atoms with van der Waals surface area (Å²) in [6, 6.07) is 29.3. The van der Waals surface area contributed by atoms with Crippen LogP contribution in [0.3, 0.4) is 0 Å². The highest BCUT2D eigenvalue weighted by atomic mass is 19.4. The zero-order chi connectivity index (χ0) is 33.5. The first kappa shape index (κ1) is 30.8. The summed E-state index contributed by atoms with van der Waals surface area (Å²) >= 11 is 0. The van der Waals surface area contributed by atoms with Gasteiger partial charge in [0.2, 0.25) is 0 Å². The summed E-state index contributed by atoms with van der Waals surface area (Å²) in [6.45, 7) is 3.48. The van der Waals surface area contributed by atoms with Crippen LogP contribution >= 0.6 is 0 Å². The summed E-state index contributed by atoms with van der Waals surface area (Å²) in [5.74, 6) is 0.606. The zero-order valence-electron chi connectivity index (χ0n) is 26.5. The van der Waals surface area contributed by atoms with Gasteiger partial charge in [-0.3, -0.25) is 24.2 Å². The number of aromatic nitrogens is 3. The van der Waals surface area contributed by atoms with Crippen LogP contribution in [-0.2, 0) is 6.18 Å². The van der Waals surface area contributed by atoms with E-state index in [0.29, 0.717) is 39.7 Å². The third-order valence-corrected chi connectivity index (χ3v) is 9.25. The molecule has 0 N–H and O–H groups in total. The lowest BCUT2D eigenvalue weighted by Crippen LogP contribution is -2.25. The molecule has 1 saturated heterocycles. The molecule has 3 aromatic heterocycles. The number of para-hydroxylation sites is 1. The second-order valence-corrected chi connectivity index (χ2v) is 12.4. The van der Waals surface area contributed by atoms with E-state index < -0.39 is 17.3 Å². The quantitative estimate of drug-likeness (QED) is 0.160. The van der Waals surface area contributed by atoms with Crippen LogP contribution in [0, 0.1) is 0 Å². The zero-order valence-corrected chi connectivity index (χ0v) is 26.5. The van der Waals surface area contributed by atoms with Crippen LogP contribution in [-0.4, -0.2) is 45.7 Å². The van der Waals surface area contributed by atoms with Crippen molar-refractivity contribution in [2.75, 3.05) is 26.2 Å². The van der Waals surface area contributed by atoms with Gasteiger partial charge >= 0.3 is 6.18 Å². The molecule has 4 heterocycles. The smallest absolute Gasteiger partial charge is 0.417 e. The molecule has 7 aromatic rings. The van der Waals surface area contributed by atoms with E-state index in [-0.39, 0.29) is 11.3 Å². The fourth-order valence-electron chi connectivity index (χ4n) is 6.76. The van der Waals surface area contributed by atoms with Gasteiger partial charge in [-0.25, -0.2) is 0 Å². The van der Waals surface area contributed by atoms with Crippen LogP contribution in [0.5, 0.6) is 5.75 Å². The van der Waals surface area contributed by atoms with Crippen molar-refractivity contribution in [2.45, 2.75) is 19.0 Å². The lowest BCUT2D eigenvalue weighted by atomic mass is 9.98. The minimum absolute atomic E-state index is 0.0192. The lowest BCUT2D eigenvalue weighted by Gasteiger charge is -2.18. The SMILES string of the molecule is O=c1ccc2cnc3ccc(-c4cnc5ccccc5c4)cc3c2n1-c1ccc(-c2ccc(OCCN3CCCC3)cc2)c(C(F)(F)F)c1. The number of alkyl halides is 3. The fourth-order valence-corrected chi connectivity index (χ4v) is 6.76. The molecule has 1 aliphatic heterocycles. The largest absolute Gasteiger partial charge is 0.492 e. The summed E-state index contributed by atoms with van der Waals surface area (Å²) in [5.41, 5.74) is 2.92. The number of hydrogen-bond acceptors (Lipinski definition) is 5. The molecule has 4 aromatic carbocycles. The average Bonchev–Trinajstić information content (AvgIpc) is 3.64. The molecule has 9 heteroatoms. The number of benzene rings is 4. The molecular weight excluding hydrogens is 625 g/mol. The Kier molecular flexibility index (Phi) is 7.84. The Hall–Kier alpha value is -5.54. The second-order valence-electron chi connectivity index (χ2n) is 12.4. The molecule has 0 spiro atoms. The number of halogens is 3. The fraction of sp³-hybridized carbons (Fsp3) is 0.175. The van der Waals surface area contributed by atoms with Crippen LogP contribution in [0.15, 0.2) is 120 Å². The Morgan fingerprint density at radius 3 is 2.31 bits per heavy atom. The van der Waals surface area contributed by atoms with E-state index in [0.717, 1.165) is 47.7 Å². The van der Waals surface area contributed by atoms with Crippen molar-refractivity contribution in [1.29, 1.82) is 0 Å². The van der Waals surface area contributed by atoms with Gasteiger partial charge < -0.3 is 4.74 Å². The van der Waals surface area contributed by atoms with E-state index in [4.69, 9.17) is 4.74 Å². The van der Waals surface area contributed by atoms with Crippen molar-refractivity contribution in [3.63, 3.8) is 0 Å². The van der Waals surface area contributed by atoms with Crippen LogP contribution in [0.1, 0.15) is 18.4 Å². The van der Waals surface area contributed by atoms with Gasteiger partial charge in [-0.1, -0.05) is 42.5 Å². The van der Waals surface area contributed by atoms with Gasteiger partial charge in [-0.2, -0.15) is 13.2 Å². The number of fused-ring (bicyclic) bond motifs is 4. The van der Waals surface area contributed by atoms with Gasteiger partial charge in [0.15, 0.2) is 0 Å². The molecule has 1 aliphatic rings. The van der Waals surface area contributed by atoms with Crippen molar-refractivity contribution in [1.82, 2.24) is 19.4 Å². The summed E-state index contributed by atoms with van der Waals surface area (Å²) in [4.78, 5) is 25.1. The van der Waals surface area contributed by atoms with Gasteiger partial charge in [0, 0.05) is 52.4 Å². The van der Waals surface area contributed by atoms with Crippen LogP contribution < -0.4 is 10.3 Å². The predicted octanol–water partition coefficient (Wildman–Crippen LogP) is 8.91. The maximum atomic E-state index is 14.7. The molecule has 0 saturated carbocycles. The Labute approximate surface area is 280 Å². The minimum atomic E-state index is -4.68. The summed E-state index contributed by atoms with van der Waals surface area (Å²) in [6.07, 6.45) is 1.14. The molecular formula is C40H31F3N4O2. The highest BCUT2D eigenvalue weighted by molar-refractivity contribution is 6.05. The summed E-state index contributed by atoms with van der Waals surface area (Å²) in [7, 11) is 0. The Morgan fingerprint density at radius 1 is 0.714 bits per heavy atom. The van der Waals surface area contributed by atoms with Crippen molar-refractivity contribution in [3.05, 3.63) is 131 Å². The van der Waals surface area contributed by atoms with E-state index in [2.05, 4.69) is 14.9 Å². The van der Waals surface area contributed by atoms with Gasteiger partial charge in [-0.15, -0.1) is 0 Å². The number of nitrogens with zero attached hydrogens (tertiary/aromatic N) is 4. The third kappa shape index (κ3) is 6.02. The maximum absolute atomic E-state index is 14.7. The van der Waals surface area contributed by atoms with E-state index >= 15 is 0 Å². The molecule has 244 valence electrons. The third-order valence-electron chi connectivity index (χ3n) is 9.25. The Bertz CT molecular complexity index is 2400. The van der Waals surface area contributed by atoms with Crippen LogP contribution in [0.2, 0.25) is 0 Å². The summed E-state index contributed by atoms with van der Waals surface area (Å²) in [5, 5.41) is 2.24. The number of pyridine rings is 3. The first-order chi connectivity index (χ1) is 23.8.